The fourth-order valence-corrected chi connectivity index (χ4v) is 3.74. The third kappa shape index (κ3) is 6.47. The second-order valence-electron chi connectivity index (χ2n) is 9.66. The van der Waals surface area contributed by atoms with Gasteiger partial charge in [0.05, 0.1) is 17.2 Å². The van der Waals surface area contributed by atoms with Crippen molar-refractivity contribution in [3.05, 3.63) is 100 Å². The lowest BCUT2D eigenvalue weighted by Gasteiger charge is -2.24. The van der Waals surface area contributed by atoms with Crippen molar-refractivity contribution in [3.8, 4) is 5.75 Å². The van der Waals surface area contributed by atoms with Crippen LogP contribution in [0.15, 0.2) is 66.7 Å². The van der Waals surface area contributed by atoms with Crippen LogP contribution in [0.25, 0.3) is 0 Å². The first kappa shape index (κ1) is 25.0. The molecule has 0 atom stereocenters. The number of hydrogen-bond acceptors (Lipinski definition) is 4. The number of carboxylic acids is 1. The van der Waals surface area contributed by atoms with Crippen LogP contribution in [0.2, 0.25) is 0 Å². The summed E-state index contributed by atoms with van der Waals surface area (Å²) in [5, 5.41) is 9.57. The summed E-state index contributed by atoms with van der Waals surface area (Å²) >= 11 is 0. The number of rotatable bonds is 8. The van der Waals surface area contributed by atoms with Crippen molar-refractivity contribution in [2.75, 3.05) is 0 Å². The molecule has 0 heterocycles. The molecule has 0 saturated heterocycles. The Labute approximate surface area is 201 Å². The summed E-state index contributed by atoms with van der Waals surface area (Å²) < 4.78 is 11.5. The minimum absolute atomic E-state index is 0.0257. The van der Waals surface area contributed by atoms with E-state index in [1.165, 1.54) is 0 Å². The minimum atomic E-state index is -0.979. The zero-order valence-corrected chi connectivity index (χ0v) is 20.4. The smallest absolute Gasteiger partial charge is 0.338 e. The second kappa shape index (κ2) is 10.6. The van der Waals surface area contributed by atoms with Crippen LogP contribution >= 0.6 is 0 Å². The minimum Gasteiger partial charge on any atom is -0.491 e. The zero-order chi connectivity index (χ0) is 24.9. The van der Waals surface area contributed by atoms with Crippen LogP contribution in [0.3, 0.4) is 0 Å². The first-order valence-corrected chi connectivity index (χ1v) is 11.4. The quantitative estimate of drug-likeness (QED) is 0.393. The monoisotopic (exact) mass is 460 g/mol. The molecule has 1 N–H and O–H groups in total. The van der Waals surface area contributed by atoms with Gasteiger partial charge in [0.1, 0.15) is 12.4 Å². The van der Waals surface area contributed by atoms with Crippen molar-refractivity contribution in [1.29, 1.82) is 0 Å². The number of carbonyl (C=O) groups is 2. The molecule has 0 aromatic heterocycles. The Bertz CT molecular complexity index is 1160. The normalized spacial score (nSPS) is 11.4. The van der Waals surface area contributed by atoms with Crippen LogP contribution in [-0.4, -0.2) is 23.1 Å². The van der Waals surface area contributed by atoms with E-state index in [4.69, 9.17) is 9.47 Å². The number of aromatic carboxylic acids is 1. The van der Waals surface area contributed by atoms with Crippen LogP contribution in [0.4, 0.5) is 0 Å². The molecule has 3 rings (SSSR count). The first-order chi connectivity index (χ1) is 16.0. The molecule has 0 amide bonds. The standard InChI is InChI=1S/C29H32O5/c1-19(2)34-26-14-12-22(17-25(26)29(3,4)5)28(32)33-18-21-11-13-24(27(30)31)23(16-21)15-20-9-7-6-8-10-20/h6-14,16-17,19H,15,18H2,1-5H3,(H,30,31). The van der Waals surface area contributed by atoms with E-state index in [0.29, 0.717) is 17.5 Å². The lowest BCUT2D eigenvalue weighted by atomic mass is 9.85. The maximum Gasteiger partial charge on any atom is 0.338 e. The van der Waals surface area contributed by atoms with E-state index >= 15 is 0 Å². The van der Waals surface area contributed by atoms with Crippen LogP contribution in [-0.2, 0) is 23.2 Å². The summed E-state index contributed by atoms with van der Waals surface area (Å²) in [6.07, 6.45) is 0.508. The average Bonchev–Trinajstić information content (AvgIpc) is 2.77. The van der Waals surface area contributed by atoms with Crippen molar-refractivity contribution in [2.24, 2.45) is 0 Å². The first-order valence-electron chi connectivity index (χ1n) is 11.4. The molecule has 0 spiro atoms. The highest BCUT2D eigenvalue weighted by atomic mass is 16.5. The van der Waals surface area contributed by atoms with Crippen molar-refractivity contribution >= 4 is 11.9 Å². The molecule has 0 aliphatic rings. The summed E-state index contributed by atoms with van der Waals surface area (Å²) in [5.41, 5.74) is 3.85. The number of benzene rings is 3. The maximum absolute atomic E-state index is 12.8. The van der Waals surface area contributed by atoms with Crippen LogP contribution in [0.1, 0.15) is 77.6 Å². The molecule has 5 nitrogen and oxygen atoms in total. The molecule has 0 bridgehead atoms. The van der Waals surface area contributed by atoms with Gasteiger partial charge in [-0.2, -0.15) is 0 Å². The third-order valence-electron chi connectivity index (χ3n) is 5.39. The molecule has 3 aromatic carbocycles. The number of ether oxygens (including phenoxy) is 2. The van der Waals surface area contributed by atoms with Gasteiger partial charge in [0.15, 0.2) is 0 Å². The predicted octanol–water partition coefficient (Wildman–Crippen LogP) is 6.42. The highest BCUT2D eigenvalue weighted by molar-refractivity contribution is 5.90. The second-order valence-corrected chi connectivity index (χ2v) is 9.66. The molecule has 0 aliphatic heterocycles. The summed E-state index contributed by atoms with van der Waals surface area (Å²) in [6, 6.07) is 20.1. The van der Waals surface area contributed by atoms with E-state index in [-0.39, 0.29) is 23.7 Å². The summed E-state index contributed by atoms with van der Waals surface area (Å²) in [7, 11) is 0. The number of esters is 1. The average molecular weight is 461 g/mol. The molecular formula is C29H32O5. The van der Waals surface area contributed by atoms with E-state index in [0.717, 1.165) is 22.4 Å². The van der Waals surface area contributed by atoms with Crippen molar-refractivity contribution in [3.63, 3.8) is 0 Å². The molecular weight excluding hydrogens is 428 g/mol. The third-order valence-corrected chi connectivity index (χ3v) is 5.39. The van der Waals surface area contributed by atoms with E-state index in [1.807, 2.05) is 56.3 Å². The highest BCUT2D eigenvalue weighted by Crippen LogP contribution is 2.33. The van der Waals surface area contributed by atoms with E-state index < -0.39 is 11.9 Å². The number of carbonyl (C=O) groups excluding carboxylic acids is 1. The summed E-state index contributed by atoms with van der Waals surface area (Å²) in [5.74, 6) is -0.657. The van der Waals surface area contributed by atoms with Gasteiger partial charge in [-0.05, 0) is 66.6 Å². The molecule has 3 aromatic rings. The van der Waals surface area contributed by atoms with Gasteiger partial charge in [-0.1, -0.05) is 63.2 Å². The van der Waals surface area contributed by atoms with Crippen molar-refractivity contribution < 1.29 is 24.2 Å². The van der Waals surface area contributed by atoms with Gasteiger partial charge in [-0.3, -0.25) is 0 Å². The number of carboxylic acid groups (broad SMARTS) is 1. The van der Waals surface area contributed by atoms with Crippen LogP contribution in [0.5, 0.6) is 5.75 Å². The molecule has 0 saturated carbocycles. The Hall–Kier alpha value is -3.60. The van der Waals surface area contributed by atoms with Gasteiger partial charge in [-0.25, -0.2) is 9.59 Å². The lowest BCUT2D eigenvalue weighted by molar-refractivity contribution is 0.0471. The molecule has 0 fully saturated rings. The highest BCUT2D eigenvalue weighted by Gasteiger charge is 2.22. The molecule has 0 aliphatic carbocycles. The van der Waals surface area contributed by atoms with Crippen LogP contribution in [0, 0.1) is 0 Å². The maximum atomic E-state index is 12.8. The topological polar surface area (TPSA) is 72.8 Å². The Kier molecular flexibility index (Phi) is 7.77. The van der Waals surface area contributed by atoms with Crippen LogP contribution < -0.4 is 4.74 Å². The van der Waals surface area contributed by atoms with Crippen molar-refractivity contribution in [2.45, 2.75) is 59.2 Å². The zero-order valence-electron chi connectivity index (χ0n) is 20.4. The molecule has 178 valence electrons. The Morgan fingerprint density at radius 1 is 0.912 bits per heavy atom. The fraction of sp³-hybridized carbons (Fsp3) is 0.310. The van der Waals surface area contributed by atoms with Gasteiger partial charge >= 0.3 is 11.9 Å². The number of hydrogen-bond donors (Lipinski definition) is 1. The Morgan fingerprint density at radius 2 is 1.62 bits per heavy atom. The summed E-state index contributed by atoms with van der Waals surface area (Å²) in [6.45, 7) is 10.2. The molecule has 0 unspecified atom stereocenters. The van der Waals surface area contributed by atoms with Gasteiger partial charge in [0, 0.05) is 5.56 Å². The van der Waals surface area contributed by atoms with E-state index in [2.05, 4.69) is 20.8 Å². The molecule has 5 heteroatoms. The van der Waals surface area contributed by atoms with Gasteiger partial charge in [-0.15, -0.1) is 0 Å². The molecule has 0 radical (unpaired) electrons. The lowest BCUT2D eigenvalue weighted by Crippen LogP contribution is -2.17. The van der Waals surface area contributed by atoms with E-state index in [1.54, 1.807) is 24.3 Å². The Morgan fingerprint density at radius 3 is 2.24 bits per heavy atom. The van der Waals surface area contributed by atoms with Gasteiger partial charge in [0.2, 0.25) is 0 Å². The van der Waals surface area contributed by atoms with Crippen molar-refractivity contribution in [1.82, 2.24) is 0 Å². The molecule has 34 heavy (non-hydrogen) atoms. The largest absolute Gasteiger partial charge is 0.491 e. The van der Waals surface area contributed by atoms with Gasteiger partial charge < -0.3 is 14.6 Å². The predicted molar refractivity (Wildman–Crippen MR) is 133 cm³/mol. The SMILES string of the molecule is CC(C)Oc1ccc(C(=O)OCc2ccc(C(=O)O)c(Cc3ccccc3)c2)cc1C(C)(C)C. The summed E-state index contributed by atoms with van der Waals surface area (Å²) in [4.78, 5) is 24.5. The van der Waals surface area contributed by atoms with Gasteiger partial charge in [0.25, 0.3) is 0 Å². The fourth-order valence-electron chi connectivity index (χ4n) is 3.74. The van der Waals surface area contributed by atoms with E-state index in [9.17, 15) is 14.7 Å². The Balaban J connectivity index is 1.79.